The molecule has 1 aliphatic rings. The minimum absolute atomic E-state index is 0.389. The lowest BCUT2D eigenvalue weighted by molar-refractivity contribution is 0.950. The number of H-pyrrole nitrogens is 1. The summed E-state index contributed by atoms with van der Waals surface area (Å²) in [7, 11) is 0. The van der Waals surface area contributed by atoms with Crippen molar-refractivity contribution in [2.24, 2.45) is 0 Å². The van der Waals surface area contributed by atoms with Gasteiger partial charge in [-0.1, -0.05) is 42.5 Å². The Morgan fingerprint density at radius 2 is 1.81 bits per heavy atom. The molecule has 0 spiro atoms. The summed E-state index contributed by atoms with van der Waals surface area (Å²) in [6.07, 6.45) is 4.35. The molecule has 4 aromatic rings. The van der Waals surface area contributed by atoms with Crippen molar-refractivity contribution in [2.75, 3.05) is 10.4 Å². The Hall–Kier alpha value is -4.18. The van der Waals surface area contributed by atoms with E-state index in [9.17, 15) is 0 Å². The van der Waals surface area contributed by atoms with E-state index in [4.69, 9.17) is 5.26 Å². The van der Waals surface area contributed by atoms with Crippen LogP contribution in [0.15, 0.2) is 73.1 Å². The summed E-state index contributed by atoms with van der Waals surface area (Å²) in [6.45, 7) is 0. The van der Waals surface area contributed by atoms with Gasteiger partial charge in [-0.3, -0.25) is 10.5 Å². The SMILES string of the molecule is N#CCc1ccc(NN(c2cc(-c3ccccc3)ncn2)c2cc(C3CC3)[nH]n2)cc1. The lowest BCUT2D eigenvalue weighted by Crippen LogP contribution is -2.26. The summed E-state index contributed by atoms with van der Waals surface area (Å²) in [5, 5.41) is 18.5. The molecule has 2 aromatic carbocycles. The number of nitrogens with zero attached hydrogens (tertiary/aromatic N) is 5. The van der Waals surface area contributed by atoms with Gasteiger partial charge in [-0.25, -0.2) is 15.0 Å². The maximum atomic E-state index is 8.90. The van der Waals surface area contributed by atoms with Crippen LogP contribution in [-0.4, -0.2) is 20.2 Å². The summed E-state index contributed by atoms with van der Waals surface area (Å²) < 4.78 is 0. The van der Waals surface area contributed by atoms with E-state index in [1.807, 2.05) is 65.7 Å². The number of hydrazine groups is 1. The average Bonchev–Trinajstić information content (AvgIpc) is 3.56. The lowest BCUT2D eigenvalue weighted by atomic mass is 10.1. The minimum Gasteiger partial charge on any atom is -0.291 e. The number of anilines is 3. The highest BCUT2D eigenvalue weighted by Gasteiger charge is 2.27. The van der Waals surface area contributed by atoms with Gasteiger partial charge in [0, 0.05) is 29.3 Å². The van der Waals surface area contributed by atoms with Crippen molar-refractivity contribution in [3.8, 4) is 17.3 Å². The third kappa shape index (κ3) is 4.23. The van der Waals surface area contributed by atoms with E-state index >= 15 is 0 Å². The molecule has 1 fully saturated rings. The number of hydrogen-bond acceptors (Lipinski definition) is 6. The fourth-order valence-electron chi connectivity index (χ4n) is 3.43. The van der Waals surface area contributed by atoms with Gasteiger partial charge in [0.1, 0.15) is 6.33 Å². The molecule has 0 amide bonds. The monoisotopic (exact) mass is 407 g/mol. The zero-order chi connectivity index (χ0) is 21.0. The first kappa shape index (κ1) is 18.8. The largest absolute Gasteiger partial charge is 0.291 e. The molecule has 0 aliphatic heterocycles. The zero-order valence-electron chi connectivity index (χ0n) is 16.9. The molecule has 0 atom stereocenters. The van der Waals surface area contributed by atoms with Crippen LogP contribution in [0.4, 0.5) is 17.3 Å². The van der Waals surface area contributed by atoms with Gasteiger partial charge in [0.05, 0.1) is 23.9 Å². The van der Waals surface area contributed by atoms with Crippen LogP contribution in [0.5, 0.6) is 0 Å². The number of aromatic nitrogens is 4. The van der Waals surface area contributed by atoms with Crippen LogP contribution in [-0.2, 0) is 6.42 Å². The van der Waals surface area contributed by atoms with Crippen LogP contribution >= 0.6 is 0 Å². The Labute approximate surface area is 180 Å². The Bertz CT molecular complexity index is 1200. The predicted octanol–water partition coefficient (Wildman–Crippen LogP) is 4.98. The second-order valence-corrected chi connectivity index (χ2v) is 7.56. The van der Waals surface area contributed by atoms with Crippen molar-refractivity contribution >= 4 is 17.3 Å². The highest BCUT2D eigenvalue weighted by atomic mass is 15.6. The summed E-state index contributed by atoms with van der Waals surface area (Å²) in [5.74, 6) is 1.99. The van der Waals surface area contributed by atoms with E-state index in [2.05, 4.69) is 37.7 Å². The normalized spacial score (nSPS) is 12.9. The molecule has 0 saturated heterocycles. The van der Waals surface area contributed by atoms with E-state index in [1.54, 1.807) is 6.33 Å². The van der Waals surface area contributed by atoms with Crippen LogP contribution < -0.4 is 10.4 Å². The van der Waals surface area contributed by atoms with Crippen molar-refractivity contribution in [2.45, 2.75) is 25.2 Å². The van der Waals surface area contributed by atoms with Gasteiger partial charge in [-0.05, 0) is 30.5 Å². The molecule has 1 aliphatic carbocycles. The minimum atomic E-state index is 0.389. The van der Waals surface area contributed by atoms with Crippen molar-refractivity contribution < 1.29 is 0 Å². The molecular formula is C24H21N7. The first-order valence-corrected chi connectivity index (χ1v) is 10.3. The molecule has 0 unspecified atom stereocenters. The van der Waals surface area contributed by atoms with Gasteiger partial charge in [-0.2, -0.15) is 10.4 Å². The van der Waals surface area contributed by atoms with Gasteiger partial charge < -0.3 is 0 Å². The summed E-state index contributed by atoms with van der Waals surface area (Å²) in [6, 6.07) is 24.0. The van der Waals surface area contributed by atoms with Crippen molar-refractivity contribution in [1.29, 1.82) is 5.26 Å². The Morgan fingerprint density at radius 3 is 2.55 bits per heavy atom. The fourth-order valence-corrected chi connectivity index (χ4v) is 3.43. The van der Waals surface area contributed by atoms with Crippen molar-refractivity contribution in [1.82, 2.24) is 20.2 Å². The van der Waals surface area contributed by atoms with Crippen LogP contribution in [0.2, 0.25) is 0 Å². The molecule has 0 radical (unpaired) electrons. The number of aromatic amines is 1. The standard InChI is InChI=1S/C24H21N7/c25-13-12-17-6-10-20(11-7-17)30-31(24-15-22(28-29-24)19-8-9-19)23-14-21(26-16-27-23)18-4-2-1-3-5-18/h1-7,10-11,14-16,19,30H,8-9,12H2,(H,28,29). The molecular weight excluding hydrogens is 386 g/mol. The molecule has 31 heavy (non-hydrogen) atoms. The van der Waals surface area contributed by atoms with Crippen molar-refractivity contribution in [3.63, 3.8) is 0 Å². The van der Waals surface area contributed by atoms with Crippen LogP contribution in [0.1, 0.15) is 30.0 Å². The molecule has 2 N–H and O–H groups in total. The third-order valence-electron chi connectivity index (χ3n) is 5.26. The number of nitriles is 1. The molecule has 0 bridgehead atoms. The van der Waals surface area contributed by atoms with Crippen LogP contribution in [0, 0.1) is 11.3 Å². The maximum Gasteiger partial charge on any atom is 0.175 e. The molecule has 7 heteroatoms. The smallest absolute Gasteiger partial charge is 0.175 e. The van der Waals surface area contributed by atoms with E-state index in [1.165, 1.54) is 12.8 Å². The molecule has 152 valence electrons. The fraction of sp³-hybridized carbons (Fsp3) is 0.167. The molecule has 2 heterocycles. The van der Waals surface area contributed by atoms with Crippen LogP contribution in [0.25, 0.3) is 11.3 Å². The highest BCUT2D eigenvalue weighted by Crippen LogP contribution is 2.40. The van der Waals surface area contributed by atoms with Crippen molar-refractivity contribution in [3.05, 3.63) is 84.3 Å². The highest BCUT2D eigenvalue weighted by molar-refractivity contribution is 5.68. The zero-order valence-corrected chi connectivity index (χ0v) is 16.9. The maximum absolute atomic E-state index is 8.90. The van der Waals surface area contributed by atoms with Crippen LogP contribution in [0.3, 0.4) is 0 Å². The van der Waals surface area contributed by atoms with Gasteiger partial charge in [0.25, 0.3) is 0 Å². The first-order chi connectivity index (χ1) is 15.3. The Balaban J connectivity index is 1.50. The van der Waals surface area contributed by atoms with Gasteiger partial charge in [0.15, 0.2) is 11.6 Å². The van der Waals surface area contributed by atoms with Gasteiger partial charge in [-0.15, -0.1) is 0 Å². The number of nitrogens with one attached hydrogen (secondary N) is 2. The lowest BCUT2D eigenvalue weighted by Gasteiger charge is -2.23. The van der Waals surface area contributed by atoms with E-state index in [0.29, 0.717) is 18.2 Å². The topological polar surface area (TPSA) is 93.5 Å². The predicted molar refractivity (Wildman–Crippen MR) is 120 cm³/mol. The first-order valence-electron chi connectivity index (χ1n) is 10.3. The average molecular weight is 407 g/mol. The molecule has 7 nitrogen and oxygen atoms in total. The number of hydrogen-bond donors (Lipinski definition) is 2. The summed E-state index contributed by atoms with van der Waals surface area (Å²) >= 11 is 0. The molecule has 2 aromatic heterocycles. The molecule has 5 rings (SSSR count). The quantitative estimate of drug-likeness (QED) is 0.420. The van der Waals surface area contributed by atoms with Gasteiger partial charge in [0.2, 0.25) is 0 Å². The summed E-state index contributed by atoms with van der Waals surface area (Å²) in [4.78, 5) is 8.95. The third-order valence-corrected chi connectivity index (χ3v) is 5.26. The van der Waals surface area contributed by atoms with E-state index in [-0.39, 0.29) is 0 Å². The number of benzene rings is 2. The summed E-state index contributed by atoms with van der Waals surface area (Å²) in [5.41, 5.74) is 8.25. The Kier molecular flexibility index (Phi) is 5.03. The van der Waals surface area contributed by atoms with E-state index in [0.717, 1.165) is 34.0 Å². The second kappa shape index (κ2) is 8.28. The Morgan fingerprint density at radius 1 is 1.00 bits per heavy atom. The van der Waals surface area contributed by atoms with Gasteiger partial charge >= 0.3 is 0 Å². The second-order valence-electron chi connectivity index (χ2n) is 7.56. The van der Waals surface area contributed by atoms with E-state index < -0.39 is 0 Å². The number of rotatable bonds is 7. The molecule has 1 saturated carbocycles.